The predicted molar refractivity (Wildman–Crippen MR) is 132 cm³/mol. The van der Waals surface area contributed by atoms with E-state index in [1.54, 1.807) is 23.9 Å². The molecule has 1 N–H and O–H groups in total. The fourth-order valence-corrected chi connectivity index (χ4v) is 5.11. The average Bonchev–Trinajstić information content (AvgIpc) is 3.15. The van der Waals surface area contributed by atoms with Gasteiger partial charge in [-0.05, 0) is 59.5 Å². The van der Waals surface area contributed by atoms with Crippen molar-refractivity contribution in [3.05, 3.63) is 94.0 Å². The van der Waals surface area contributed by atoms with Gasteiger partial charge in [0.05, 0.1) is 5.75 Å². The van der Waals surface area contributed by atoms with Gasteiger partial charge in [-0.25, -0.2) is 0 Å². The molecule has 4 rings (SSSR count). The molecule has 158 valence electrons. The van der Waals surface area contributed by atoms with Crippen molar-refractivity contribution in [3.8, 4) is 0 Å². The lowest BCUT2D eigenvalue weighted by Crippen LogP contribution is -2.27. The van der Waals surface area contributed by atoms with Crippen LogP contribution in [0, 0.1) is 0 Å². The van der Waals surface area contributed by atoms with Gasteiger partial charge in [0.1, 0.15) is 5.37 Å². The summed E-state index contributed by atoms with van der Waals surface area (Å²) in [5.41, 5.74) is 4.51. The second-order valence-electron chi connectivity index (χ2n) is 7.76. The molecule has 0 unspecified atom stereocenters. The molecule has 1 saturated heterocycles. The Kier molecular flexibility index (Phi) is 6.49. The highest BCUT2D eigenvalue weighted by Crippen LogP contribution is 2.42. The molecule has 1 aliphatic rings. The summed E-state index contributed by atoms with van der Waals surface area (Å²) in [7, 11) is 0. The number of carbonyl (C=O) groups is 2. The number of nitrogens with zero attached hydrogens (tertiary/aromatic N) is 1. The maximum atomic E-state index is 12.6. The van der Waals surface area contributed by atoms with Crippen LogP contribution in [0.4, 0.5) is 11.4 Å². The van der Waals surface area contributed by atoms with E-state index in [2.05, 4.69) is 47.2 Å². The SMILES string of the molecule is CC(C)c1ccc(N2C(=O)CS[C@@H]2c2ccc(NC(=O)c3cccc(Br)c3)cc2)cc1. The molecular weight excluding hydrogens is 472 g/mol. The van der Waals surface area contributed by atoms with Gasteiger partial charge >= 0.3 is 0 Å². The van der Waals surface area contributed by atoms with Crippen molar-refractivity contribution < 1.29 is 9.59 Å². The number of halogens is 1. The Morgan fingerprint density at radius 2 is 1.77 bits per heavy atom. The minimum atomic E-state index is -0.161. The van der Waals surface area contributed by atoms with Gasteiger partial charge in [0.25, 0.3) is 5.91 Å². The molecule has 6 heteroatoms. The number of hydrogen-bond acceptors (Lipinski definition) is 3. The summed E-state index contributed by atoms with van der Waals surface area (Å²) in [4.78, 5) is 27.0. The number of nitrogens with one attached hydrogen (secondary N) is 1. The summed E-state index contributed by atoms with van der Waals surface area (Å²) in [5, 5.41) is 2.85. The van der Waals surface area contributed by atoms with Gasteiger partial charge in [0.15, 0.2) is 0 Å². The van der Waals surface area contributed by atoms with Crippen molar-refractivity contribution in [1.29, 1.82) is 0 Å². The summed E-state index contributed by atoms with van der Waals surface area (Å²) in [6, 6.07) is 23.2. The standard InChI is InChI=1S/C25H23BrN2O2S/c1-16(2)17-8-12-22(13-9-17)28-23(29)15-31-25(28)18-6-10-21(11-7-18)27-24(30)19-4-3-5-20(26)14-19/h3-14,16,25H,15H2,1-2H3,(H,27,30)/t25-/m1/s1. The maximum absolute atomic E-state index is 12.6. The van der Waals surface area contributed by atoms with E-state index in [4.69, 9.17) is 0 Å². The Bertz CT molecular complexity index is 1100. The molecule has 1 atom stereocenters. The highest BCUT2D eigenvalue weighted by molar-refractivity contribution is 9.10. The zero-order valence-electron chi connectivity index (χ0n) is 17.3. The lowest BCUT2D eigenvalue weighted by Gasteiger charge is -2.25. The van der Waals surface area contributed by atoms with Crippen LogP contribution in [0.3, 0.4) is 0 Å². The number of hydrogen-bond donors (Lipinski definition) is 1. The van der Waals surface area contributed by atoms with Crippen LogP contribution in [-0.2, 0) is 4.79 Å². The van der Waals surface area contributed by atoms with E-state index in [0.29, 0.717) is 17.2 Å². The third kappa shape index (κ3) is 4.86. The molecule has 0 bridgehead atoms. The summed E-state index contributed by atoms with van der Waals surface area (Å²) >= 11 is 5.01. The molecular formula is C25H23BrN2O2S. The van der Waals surface area contributed by atoms with Crippen LogP contribution in [0.15, 0.2) is 77.3 Å². The first-order chi connectivity index (χ1) is 14.9. The van der Waals surface area contributed by atoms with Crippen LogP contribution in [0.2, 0.25) is 0 Å². The summed E-state index contributed by atoms with van der Waals surface area (Å²) in [6.07, 6.45) is 0. The van der Waals surface area contributed by atoms with Crippen LogP contribution in [0.25, 0.3) is 0 Å². The molecule has 1 aliphatic heterocycles. The van der Waals surface area contributed by atoms with Crippen LogP contribution in [-0.4, -0.2) is 17.6 Å². The lowest BCUT2D eigenvalue weighted by molar-refractivity contribution is -0.115. The fourth-order valence-electron chi connectivity index (χ4n) is 3.53. The van der Waals surface area contributed by atoms with E-state index < -0.39 is 0 Å². The van der Waals surface area contributed by atoms with Gasteiger partial charge in [-0.15, -0.1) is 11.8 Å². The Balaban J connectivity index is 1.51. The van der Waals surface area contributed by atoms with Gasteiger partial charge in [0.2, 0.25) is 5.91 Å². The second-order valence-corrected chi connectivity index (χ2v) is 9.74. The third-order valence-electron chi connectivity index (χ3n) is 5.25. The smallest absolute Gasteiger partial charge is 0.255 e. The van der Waals surface area contributed by atoms with Crippen molar-refractivity contribution in [3.63, 3.8) is 0 Å². The van der Waals surface area contributed by atoms with Crippen molar-refractivity contribution in [2.45, 2.75) is 25.1 Å². The van der Waals surface area contributed by atoms with Crippen LogP contribution in [0.1, 0.15) is 46.6 Å². The summed E-state index contributed by atoms with van der Waals surface area (Å²) in [5.74, 6) is 0.858. The first-order valence-corrected chi connectivity index (χ1v) is 12.0. The lowest BCUT2D eigenvalue weighted by atomic mass is 10.0. The van der Waals surface area contributed by atoms with Crippen LogP contribution in [0.5, 0.6) is 0 Å². The minimum Gasteiger partial charge on any atom is -0.322 e. The molecule has 1 heterocycles. The Hall–Kier alpha value is -2.57. The number of thioether (sulfide) groups is 1. The number of anilines is 2. The number of amides is 2. The highest BCUT2D eigenvalue weighted by Gasteiger charge is 2.34. The maximum Gasteiger partial charge on any atom is 0.255 e. The van der Waals surface area contributed by atoms with Gasteiger partial charge < -0.3 is 5.32 Å². The number of rotatable bonds is 5. The Morgan fingerprint density at radius 1 is 1.06 bits per heavy atom. The quantitative estimate of drug-likeness (QED) is 0.434. The van der Waals surface area contributed by atoms with E-state index in [0.717, 1.165) is 21.4 Å². The molecule has 0 saturated carbocycles. The first-order valence-electron chi connectivity index (χ1n) is 10.1. The summed E-state index contributed by atoms with van der Waals surface area (Å²) in [6.45, 7) is 4.32. The molecule has 0 aromatic heterocycles. The van der Waals surface area contributed by atoms with E-state index >= 15 is 0 Å². The Morgan fingerprint density at radius 3 is 2.42 bits per heavy atom. The van der Waals surface area contributed by atoms with Gasteiger partial charge in [-0.3, -0.25) is 14.5 Å². The molecule has 2 amide bonds. The monoisotopic (exact) mass is 494 g/mol. The Labute approximate surface area is 195 Å². The molecule has 0 radical (unpaired) electrons. The zero-order valence-corrected chi connectivity index (χ0v) is 19.7. The second kappa shape index (κ2) is 9.28. The molecule has 3 aromatic rings. The van der Waals surface area contributed by atoms with Crippen molar-refractivity contribution >= 4 is 50.9 Å². The predicted octanol–water partition coefficient (Wildman–Crippen LogP) is 6.60. The van der Waals surface area contributed by atoms with E-state index in [-0.39, 0.29) is 17.2 Å². The van der Waals surface area contributed by atoms with Gasteiger partial charge in [-0.2, -0.15) is 0 Å². The van der Waals surface area contributed by atoms with Crippen LogP contribution < -0.4 is 10.2 Å². The van der Waals surface area contributed by atoms with E-state index in [1.807, 2.05) is 53.4 Å². The zero-order chi connectivity index (χ0) is 22.0. The van der Waals surface area contributed by atoms with Gasteiger partial charge in [0, 0.05) is 21.4 Å². The molecule has 31 heavy (non-hydrogen) atoms. The largest absolute Gasteiger partial charge is 0.322 e. The van der Waals surface area contributed by atoms with Crippen molar-refractivity contribution in [1.82, 2.24) is 0 Å². The fraction of sp³-hybridized carbons (Fsp3) is 0.200. The van der Waals surface area contributed by atoms with Crippen molar-refractivity contribution in [2.75, 3.05) is 16.0 Å². The number of carbonyl (C=O) groups excluding carboxylic acids is 2. The van der Waals surface area contributed by atoms with Crippen molar-refractivity contribution in [2.24, 2.45) is 0 Å². The summed E-state index contributed by atoms with van der Waals surface area (Å²) < 4.78 is 0.861. The normalized spacial score (nSPS) is 16.1. The molecule has 0 spiro atoms. The van der Waals surface area contributed by atoms with Gasteiger partial charge in [-0.1, -0.05) is 60.1 Å². The molecule has 4 nitrogen and oxygen atoms in total. The van der Waals surface area contributed by atoms with E-state index in [9.17, 15) is 9.59 Å². The average molecular weight is 495 g/mol. The topological polar surface area (TPSA) is 49.4 Å². The minimum absolute atomic E-state index is 0.0766. The van der Waals surface area contributed by atoms with Crippen LogP contribution >= 0.6 is 27.7 Å². The first kappa shape index (κ1) is 21.7. The third-order valence-corrected chi connectivity index (χ3v) is 6.95. The number of benzene rings is 3. The molecule has 0 aliphatic carbocycles. The molecule has 3 aromatic carbocycles. The molecule has 1 fully saturated rings. The highest BCUT2D eigenvalue weighted by atomic mass is 79.9. The van der Waals surface area contributed by atoms with E-state index in [1.165, 1.54) is 5.56 Å².